The van der Waals surface area contributed by atoms with Gasteiger partial charge in [-0.3, -0.25) is 0 Å². The average Bonchev–Trinajstić information content (AvgIpc) is 3.00. The summed E-state index contributed by atoms with van der Waals surface area (Å²) in [6.07, 6.45) is 11.3. The van der Waals surface area contributed by atoms with Crippen molar-refractivity contribution >= 4 is 27.6 Å². The van der Waals surface area contributed by atoms with Crippen LogP contribution in [0.3, 0.4) is 0 Å². The van der Waals surface area contributed by atoms with E-state index in [4.69, 9.17) is 9.97 Å². The van der Waals surface area contributed by atoms with Crippen molar-refractivity contribution in [3.63, 3.8) is 0 Å². The lowest BCUT2D eigenvalue weighted by atomic mass is 9.75. The molecule has 2 aliphatic carbocycles. The molecule has 3 heteroatoms. The van der Waals surface area contributed by atoms with Gasteiger partial charge in [0.2, 0.25) is 0 Å². The summed E-state index contributed by atoms with van der Waals surface area (Å²) in [6, 6.07) is 39.6. The molecule has 0 amide bonds. The van der Waals surface area contributed by atoms with E-state index in [9.17, 15) is 0 Å². The second-order valence-electron chi connectivity index (χ2n) is 9.81. The van der Waals surface area contributed by atoms with E-state index in [-0.39, 0.29) is 5.92 Å². The molecule has 0 N–H and O–H groups in total. The van der Waals surface area contributed by atoms with Crippen molar-refractivity contribution in [2.24, 2.45) is 11.8 Å². The van der Waals surface area contributed by atoms with Crippen LogP contribution in [0, 0.1) is 24.0 Å². The Labute approximate surface area is 236 Å². The highest BCUT2D eigenvalue weighted by atomic mass is 79.9. The topological polar surface area (TPSA) is 25.8 Å². The first-order chi connectivity index (χ1) is 19.2. The van der Waals surface area contributed by atoms with E-state index in [0.29, 0.717) is 11.7 Å². The zero-order chi connectivity index (χ0) is 26.2. The number of hydrogen-bond donors (Lipinski definition) is 0. The summed E-state index contributed by atoms with van der Waals surface area (Å²) in [5, 5.41) is 2.55. The quantitative estimate of drug-likeness (QED) is 0.231. The molecule has 1 heterocycles. The van der Waals surface area contributed by atoms with Gasteiger partial charge in [-0.1, -0.05) is 119 Å². The van der Waals surface area contributed by atoms with Crippen molar-refractivity contribution in [1.29, 1.82) is 0 Å². The monoisotopic (exact) mass is 562 g/mol. The maximum atomic E-state index is 5.06. The lowest BCUT2D eigenvalue weighted by Crippen LogP contribution is -2.36. The fraction of sp³-hybridized carbons (Fsp3) is 0.0556. The standard InChI is InChI=1S/C36H23BrN2/c37-30-21-28(35-31-17-9-7-15-26(31)19-27-16-8-10-18-32(27)35)20-29(22-30)36-38-33(24-11-3-1-4-12-24)23-34(39-36)25-13-5-2-6-14-25/h1-5,7-13,15-23,26,31H. The van der Waals surface area contributed by atoms with Crippen LogP contribution in [0.15, 0.2) is 126 Å². The molecule has 4 aromatic carbocycles. The molecule has 2 unspecified atom stereocenters. The van der Waals surface area contributed by atoms with E-state index >= 15 is 0 Å². The normalized spacial score (nSPS) is 17.1. The average molecular weight is 563 g/mol. The second kappa shape index (κ2) is 9.98. The third kappa shape index (κ3) is 4.54. The molecule has 2 aliphatic rings. The Morgan fingerprint density at radius 1 is 0.692 bits per heavy atom. The molecule has 5 aromatic rings. The molecule has 2 atom stereocenters. The first-order valence-corrected chi connectivity index (χ1v) is 13.8. The van der Waals surface area contributed by atoms with E-state index in [1.54, 1.807) is 0 Å². The predicted molar refractivity (Wildman–Crippen MR) is 162 cm³/mol. The van der Waals surface area contributed by atoms with Crippen LogP contribution >= 0.6 is 15.9 Å². The SMILES string of the molecule is Brc1cc(C2=c3ccccc3=CC3C=CC=CC23)cc(-c2nc(-c3c#cccc3)cc(-c3ccccc3)n2)c1. The number of nitrogens with zero attached hydrogens (tertiary/aromatic N) is 2. The van der Waals surface area contributed by atoms with Crippen molar-refractivity contribution in [2.75, 3.05) is 0 Å². The molecule has 0 bridgehead atoms. The van der Waals surface area contributed by atoms with Gasteiger partial charge in [0.25, 0.3) is 0 Å². The predicted octanol–water partition coefficient (Wildman–Crippen LogP) is 7.19. The zero-order valence-corrected chi connectivity index (χ0v) is 22.6. The molecule has 39 heavy (non-hydrogen) atoms. The Morgan fingerprint density at radius 3 is 2.36 bits per heavy atom. The molecular weight excluding hydrogens is 540 g/mol. The Morgan fingerprint density at radius 2 is 1.49 bits per heavy atom. The van der Waals surface area contributed by atoms with Gasteiger partial charge >= 0.3 is 0 Å². The Balaban J connectivity index is 1.44. The largest absolute Gasteiger partial charge is 0.228 e. The molecule has 2 nitrogen and oxygen atoms in total. The lowest BCUT2D eigenvalue weighted by molar-refractivity contribution is 0.704. The molecular formula is C36H23BrN2. The van der Waals surface area contributed by atoms with Crippen molar-refractivity contribution in [1.82, 2.24) is 9.97 Å². The number of rotatable bonds is 4. The molecule has 7 rings (SSSR count). The van der Waals surface area contributed by atoms with Crippen LogP contribution in [-0.4, -0.2) is 9.97 Å². The number of aromatic nitrogens is 2. The molecule has 1 aromatic heterocycles. The van der Waals surface area contributed by atoms with Gasteiger partial charge in [-0.15, -0.1) is 0 Å². The molecule has 0 radical (unpaired) electrons. The fourth-order valence-corrected chi connectivity index (χ4v) is 6.04. The molecule has 0 saturated heterocycles. The van der Waals surface area contributed by atoms with Crippen molar-refractivity contribution in [2.45, 2.75) is 0 Å². The Kier molecular flexibility index (Phi) is 6.04. The number of hydrogen-bond acceptors (Lipinski definition) is 2. The molecule has 184 valence electrons. The highest BCUT2D eigenvalue weighted by Gasteiger charge is 2.26. The fourth-order valence-electron chi connectivity index (χ4n) is 5.54. The minimum atomic E-state index is 0.272. The van der Waals surface area contributed by atoms with Gasteiger partial charge in [0.05, 0.1) is 17.0 Å². The van der Waals surface area contributed by atoms with Gasteiger partial charge in [0, 0.05) is 27.4 Å². The Hall–Kier alpha value is -4.52. The maximum Gasteiger partial charge on any atom is 0.160 e. The summed E-state index contributed by atoms with van der Waals surface area (Å²) in [6.45, 7) is 0. The van der Waals surface area contributed by atoms with E-state index in [0.717, 1.165) is 32.6 Å². The molecule has 0 aliphatic heterocycles. The van der Waals surface area contributed by atoms with Gasteiger partial charge in [0.1, 0.15) is 0 Å². The van der Waals surface area contributed by atoms with Crippen LogP contribution in [0.25, 0.3) is 45.6 Å². The smallest absolute Gasteiger partial charge is 0.160 e. The third-order valence-corrected chi connectivity index (χ3v) is 7.78. The van der Waals surface area contributed by atoms with Crippen LogP contribution < -0.4 is 10.4 Å². The summed E-state index contributed by atoms with van der Waals surface area (Å²) in [4.78, 5) is 10.1. The summed E-state index contributed by atoms with van der Waals surface area (Å²) in [7, 11) is 0. The van der Waals surface area contributed by atoms with Crippen LogP contribution in [0.5, 0.6) is 0 Å². The van der Waals surface area contributed by atoms with Gasteiger partial charge < -0.3 is 0 Å². The third-order valence-electron chi connectivity index (χ3n) is 7.32. The van der Waals surface area contributed by atoms with Crippen LogP contribution in [0.4, 0.5) is 0 Å². The molecule has 0 spiro atoms. The molecule has 0 saturated carbocycles. The lowest BCUT2D eigenvalue weighted by Gasteiger charge is -2.28. The number of fused-ring (bicyclic) bond motifs is 2. The van der Waals surface area contributed by atoms with Crippen molar-refractivity contribution in [3.8, 4) is 33.9 Å². The van der Waals surface area contributed by atoms with Gasteiger partial charge in [-0.25, -0.2) is 9.97 Å². The first kappa shape index (κ1) is 23.6. The number of halogens is 1. The first-order valence-electron chi connectivity index (χ1n) is 13.0. The van der Waals surface area contributed by atoms with Gasteiger partial charge in [0.15, 0.2) is 5.82 Å². The van der Waals surface area contributed by atoms with Crippen LogP contribution in [0.1, 0.15) is 5.56 Å². The highest BCUT2D eigenvalue weighted by molar-refractivity contribution is 9.10. The van der Waals surface area contributed by atoms with E-state index in [1.807, 2.05) is 42.5 Å². The van der Waals surface area contributed by atoms with Crippen LogP contribution in [0.2, 0.25) is 0 Å². The summed E-state index contributed by atoms with van der Waals surface area (Å²) in [5.41, 5.74) is 7.09. The van der Waals surface area contributed by atoms with Crippen LogP contribution in [-0.2, 0) is 0 Å². The summed E-state index contributed by atoms with van der Waals surface area (Å²) >= 11 is 3.81. The minimum absolute atomic E-state index is 0.272. The summed E-state index contributed by atoms with van der Waals surface area (Å²) < 4.78 is 0.997. The van der Waals surface area contributed by atoms with E-state index in [2.05, 4.69) is 113 Å². The van der Waals surface area contributed by atoms with Gasteiger partial charge in [-0.05, 0) is 58.0 Å². The van der Waals surface area contributed by atoms with Crippen molar-refractivity contribution in [3.05, 3.63) is 154 Å². The maximum absolute atomic E-state index is 5.06. The minimum Gasteiger partial charge on any atom is -0.228 e. The number of allylic oxidation sites excluding steroid dienone is 4. The Bertz CT molecular complexity index is 1810. The molecule has 0 fully saturated rings. The summed E-state index contributed by atoms with van der Waals surface area (Å²) in [5.74, 6) is 1.28. The van der Waals surface area contributed by atoms with Crippen molar-refractivity contribution < 1.29 is 0 Å². The second-order valence-corrected chi connectivity index (χ2v) is 10.7. The number of benzene rings is 3. The highest BCUT2D eigenvalue weighted by Crippen LogP contribution is 2.37. The van der Waals surface area contributed by atoms with Gasteiger partial charge in [-0.2, -0.15) is 0 Å². The zero-order valence-electron chi connectivity index (χ0n) is 21.1. The van der Waals surface area contributed by atoms with E-state index in [1.165, 1.54) is 21.6 Å². The van der Waals surface area contributed by atoms with E-state index < -0.39 is 0 Å².